The normalized spacial score (nSPS) is 15.8. The van der Waals surface area contributed by atoms with Gasteiger partial charge >= 0.3 is 0 Å². The predicted octanol–water partition coefficient (Wildman–Crippen LogP) is 1.96. The van der Waals surface area contributed by atoms with Gasteiger partial charge in [0.2, 0.25) is 5.91 Å². The van der Waals surface area contributed by atoms with Crippen LogP contribution < -0.4 is 10.5 Å². The fourth-order valence-corrected chi connectivity index (χ4v) is 2.11. The molecule has 1 aromatic rings. The Morgan fingerprint density at radius 3 is 2.65 bits per heavy atom. The van der Waals surface area contributed by atoms with E-state index in [1.54, 1.807) is 11.9 Å². The summed E-state index contributed by atoms with van der Waals surface area (Å²) in [7, 11) is 1.81. The zero-order chi connectivity index (χ0) is 14.5. The predicted molar refractivity (Wildman–Crippen MR) is 79.6 cm³/mol. The van der Waals surface area contributed by atoms with Crippen LogP contribution in [-0.4, -0.2) is 37.0 Å². The summed E-state index contributed by atoms with van der Waals surface area (Å²) in [4.78, 5) is 13.7. The van der Waals surface area contributed by atoms with Gasteiger partial charge in [0.15, 0.2) is 0 Å². The smallest absolute Gasteiger partial charge is 0.223 e. The molecule has 0 heterocycles. The van der Waals surface area contributed by atoms with Crippen LogP contribution in [0.2, 0.25) is 0 Å². The maximum absolute atomic E-state index is 12.0. The number of likely N-dealkylation sites (N-methyl/N-ethyl adjacent to an activating group) is 1. The third kappa shape index (κ3) is 4.53. The maximum Gasteiger partial charge on any atom is 0.223 e. The minimum Gasteiger partial charge on any atom is -0.492 e. The van der Waals surface area contributed by atoms with E-state index in [1.165, 1.54) is 18.4 Å². The number of ether oxygens (including phenoxy) is 1. The van der Waals surface area contributed by atoms with Gasteiger partial charge in [-0.1, -0.05) is 17.7 Å². The van der Waals surface area contributed by atoms with E-state index in [4.69, 9.17) is 10.5 Å². The van der Waals surface area contributed by atoms with Crippen LogP contribution in [0.4, 0.5) is 0 Å². The van der Waals surface area contributed by atoms with E-state index < -0.39 is 0 Å². The van der Waals surface area contributed by atoms with Crippen molar-refractivity contribution in [1.29, 1.82) is 0 Å². The molecule has 110 valence electrons. The standard InChI is InChI=1S/C16H24N2O2/c1-12-3-7-14(8-4-12)20-10-9-18(2)16(19)11-15(17)13-5-6-13/h3-4,7-8,13,15H,5-6,9-11,17H2,1-2H3. The molecule has 1 aliphatic carbocycles. The highest BCUT2D eigenvalue weighted by atomic mass is 16.5. The maximum atomic E-state index is 12.0. The number of amides is 1. The highest BCUT2D eigenvalue weighted by Gasteiger charge is 2.30. The molecule has 0 saturated heterocycles. The Hall–Kier alpha value is -1.55. The summed E-state index contributed by atoms with van der Waals surface area (Å²) in [5.41, 5.74) is 7.18. The molecule has 0 spiro atoms. The van der Waals surface area contributed by atoms with Crippen LogP contribution in [0.3, 0.4) is 0 Å². The number of rotatable bonds is 7. The molecule has 0 aliphatic heterocycles. The highest BCUT2D eigenvalue weighted by Crippen LogP contribution is 2.32. The lowest BCUT2D eigenvalue weighted by molar-refractivity contribution is -0.130. The Morgan fingerprint density at radius 2 is 2.05 bits per heavy atom. The van der Waals surface area contributed by atoms with Crippen LogP contribution in [0.1, 0.15) is 24.8 Å². The van der Waals surface area contributed by atoms with Gasteiger partial charge in [-0.05, 0) is 37.8 Å². The summed E-state index contributed by atoms with van der Waals surface area (Å²) in [6.07, 6.45) is 2.80. The Morgan fingerprint density at radius 1 is 1.40 bits per heavy atom. The zero-order valence-corrected chi connectivity index (χ0v) is 12.3. The Kier molecular flexibility index (Phi) is 5.01. The van der Waals surface area contributed by atoms with Gasteiger partial charge in [0.05, 0.1) is 6.54 Å². The summed E-state index contributed by atoms with van der Waals surface area (Å²) in [6, 6.07) is 7.95. The number of benzene rings is 1. The van der Waals surface area contributed by atoms with Gasteiger partial charge in [-0.25, -0.2) is 0 Å². The van der Waals surface area contributed by atoms with E-state index in [9.17, 15) is 4.79 Å². The SMILES string of the molecule is Cc1ccc(OCCN(C)C(=O)CC(N)C2CC2)cc1. The van der Waals surface area contributed by atoms with Crippen molar-refractivity contribution in [2.24, 2.45) is 11.7 Å². The molecular formula is C16H24N2O2. The molecule has 0 bridgehead atoms. The van der Waals surface area contributed by atoms with Crippen LogP contribution >= 0.6 is 0 Å². The van der Waals surface area contributed by atoms with Gasteiger partial charge in [-0.3, -0.25) is 4.79 Å². The van der Waals surface area contributed by atoms with Crippen molar-refractivity contribution >= 4 is 5.91 Å². The third-order valence-electron chi connectivity index (χ3n) is 3.78. The monoisotopic (exact) mass is 276 g/mol. The lowest BCUT2D eigenvalue weighted by atomic mass is 10.1. The van der Waals surface area contributed by atoms with E-state index in [2.05, 4.69) is 0 Å². The fourth-order valence-electron chi connectivity index (χ4n) is 2.11. The molecule has 0 radical (unpaired) electrons. The van der Waals surface area contributed by atoms with E-state index >= 15 is 0 Å². The van der Waals surface area contributed by atoms with Crippen LogP contribution in [0.15, 0.2) is 24.3 Å². The second kappa shape index (κ2) is 6.75. The van der Waals surface area contributed by atoms with Crippen molar-refractivity contribution in [3.63, 3.8) is 0 Å². The van der Waals surface area contributed by atoms with Crippen LogP contribution in [-0.2, 0) is 4.79 Å². The average molecular weight is 276 g/mol. The summed E-state index contributed by atoms with van der Waals surface area (Å²) in [6.45, 7) is 3.13. The molecular weight excluding hydrogens is 252 g/mol. The minimum atomic E-state index is 0.0305. The molecule has 1 amide bonds. The summed E-state index contributed by atoms with van der Waals surface area (Å²) in [5.74, 6) is 1.51. The van der Waals surface area contributed by atoms with Crippen molar-refractivity contribution < 1.29 is 9.53 Å². The molecule has 1 aliphatic rings. The van der Waals surface area contributed by atoms with Gasteiger partial charge in [-0.15, -0.1) is 0 Å². The highest BCUT2D eigenvalue weighted by molar-refractivity contribution is 5.76. The lowest BCUT2D eigenvalue weighted by Crippen LogP contribution is -2.36. The zero-order valence-electron chi connectivity index (χ0n) is 12.3. The summed E-state index contributed by atoms with van der Waals surface area (Å²) >= 11 is 0. The molecule has 1 unspecified atom stereocenters. The van der Waals surface area contributed by atoms with Gasteiger partial charge in [0.1, 0.15) is 12.4 Å². The van der Waals surface area contributed by atoms with Crippen molar-refractivity contribution in [2.75, 3.05) is 20.2 Å². The van der Waals surface area contributed by atoms with Crippen LogP contribution in [0, 0.1) is 12.8 Å². The first-order chi connectivity index (χ1) is 9.56. The number of hydrogen-bond acceptors (Lipinski definition) is 3. The van der Waals surface area contributed by atoms with Crippen molar-refractivity contribution in [3.05, 3.63) is 29.8 Å². The molecule has 4 nitrogen and oxygen atoms in total. The molecule has 1 fully saturated rings. The number of nitrogens with two attached hydrogens (primary N) is 1. The topological polar surface area (TPSA) is 55.6 Å². The van der Waals surface area contributed by atoms with E-state index in [1.807, 2.05) is 31.2 Å². The quantitative estimate of drug-likeness (QED) is 0.828. The van der Waals surface area contributed by atoms with Crippen molar-refractivity contribution in [1.82, 2.24) is 4.90 Å². The Bertz CT molecular complexity index is 440. The molecule has 1 atom stereocenters. The number of carbonyl (C=O) groups excluding carboxylic acids is 1. The second-order valence-electron chi connectivity index (χ2n) is 5.68. The molecule has 1 aromatic carbocycles. The van der Waals surface area contributed by atoms with Crippen molar-refractivity contribution in [2.45, 2.75) is 32.2 Å². The number of aryl methyl sites for hydroxylation is 1. The summed E-state index contributed by atoms with van der Waals surface area (Å²) in [5, 5.41) is 0. The number of hydrogen-bond donors (Lipinski definition) is 1. The number of nitrogens with zero attached hydrogens (tertiary/aromatic N) is 1. The Labute approximate surface area is 120 Å². The van der Waals surface area contributed by atoms with Gasteiger partial charge in [0.25, 0.3) is 0 Å². The van der Waals surface area contributed by atoms with Crippen molar-refractivity contribution in [3.8, 4) is 5.75 Å². The van der Waals surface area contributed by atoms with E-state index in [0.29, 0.717) is 25.5 Å². The second-order valence-corrected chi connectivity index (χ2v) is 5.68. The first-order valence-electron chi connectivity index (χ1n) is 7.25. The minimum absolute atomic E-state index is 0.0305. The molecule has 1 saturated carbocycles. The molecule has 0 aromatic heterocycles. The fraction of sp³-hybridized carbons (Fsp3) is 0.562. The largest absolute Gasteiger partial charge is 0.492 e. The molecule has 4 heteroatoms. The van der Waals surface area contributed by atoms with Gasteiger partial charge in [-0.2, -0.15) is 0 Å². The van der Waals surface area contributed by atoms with Gasteiger partial charge < -0.3 is 15.4 Å². The van der Waals surface area contributed by atoms with E-state index in [0.717, 1.165) is 5.75 Å². The first kappa shape index (κ1) is 14.9. The van der Waals surface area contributed by atoms with Crippen LogP contribution in [0.5, 0.6) is 5.75 Å². The number of carbonyl (C=O) groups is 1. The van der Waals surface area contributed by atoms with E-state index in [-0.39, 0.29) is 11.9 Å². The van der Waals surface area contributed by atoms with Crippen LogP contribution in [0.25, 0.3) is 0 Å². The molecule has 2 rings (SSSR count). The third-order valence-corrected chi connectivity index (χ3v) is 3.78. The van der Waals surface area contributed by atoms with Gasteiger partial charge in [0, 0.05) is 19.5 Å². The summed E-state index contributed by atoms with van der Waals surface area (Å²) < 4.78 is 5.62. The average Bonchev–Trinajstić information content (AvgIpc) is 3.25. The Balaban J connectivity index is 1.67. The lowest BCUT2D eigenvalue weighted by Gasteiger charge is -2.19. The first-order valence-corrected chi connectivity index (χ1v) is 7.25. The molecule has 20 heavy (non-hydrogen) atoms. The molecule has 2 N–H and O–H groups in total.